The minimum absolute atomic E-state index is 0.629. The summed E-state index contributed by atoms with van der Waals surface area (Å²) in [6.07, 6.45) is 1.22. The number of likely N-dealkylation sites (N-methyl/N-ethyl adjacent to an activating group) is 1. The molecule has 3 nitrogen and oxygen atoms in total. The number of fused-ring (bicyclic) bond motifs is 3. The van der Waals surface area contributed by atoms with Gasteiger partial charge in [0, 0.05) is 25.6 Å². The molecule has 1 fully saturated rings. The highest BCUT2D eigenvalue weighted by Gasteiger charge is 2.39. The zero-order chi connectivity index (χ0) is 11.1. The molecule has 2 atom stereocenters. The molecular weight excluding hydrogens is 200 g/mol. The van der Waals surface area contributed by atoms with Gasteiger partial charge in [-0.2, -0.15) is 0 Å². The third kappa shape index (κ3) is 1.24. The summed E-state index contributed by atoms with van der Waals surface area (Å²) in [5.74, 6) is 1.64. The van der Waals surface area contributed by atoms with Gasteiger partial charge >= 0.3 is 0 Å². The third-order valence-electron chi connectivity index (χ3n) is 3.95. The fraction of sp³-hybridized carbons (Fsp3) is 0.538. The van der Waals surface area contributed by atoms with Crippen LogP contribution in [0.2, 0.25) is 0 Å². The zero-order valence-electron chi connectivity index (χ0n) is 9.86. The lowest BCUT2D eigenvalue weighted by Crippen LogP contribution is -2.42. The number of rotatable bonds is 1. The van der Waals surface area contributed by atoms with E-state index in [0.29, 0.717) is 12.0 Å². The van der Waals surface area contributed by atoms with Crippen molar-refractivity contribution in [1.29, 1.82) is 0 Å². The standard InChI is InChI=1S/C13H18N2O/c1-15-11-6-7-14-8-10(11)9-4-3-5-12(16-2)13(9)15/h3-5,10-11,14H,6-8H2,1-2H3. The lowest BCUT2D eigenvalue weighted by molar-refractivity contribution is 0.406. The van der Waals surface area contributed by atoms with Crippen LogP contribution >= 0.6 is 0 Å². The molecule has 86 valence electrons. The molecule has 0 aliphatic carbocycles. The highest BCUT2D eigenvalue weighted by Crippen LogP contribution is 2.46. The summed E-state index contributed by atoms with van der Waals surface area (Å²) in [6, 6.07) is 7.04. The van der Waals surface area contributed by atoms with Gasteiger partial charge in [-0.25, -0.2) is 0 Å². The number of methoxy groups -OCH3 is 1. The Morgan fingerprint density at radius 1 is 1.44 bits per heavy atom. The molecule has 1 N–H and O–H groups in total. The van der Waals surface area contributed by atoms with Crippen molar-refractivity contribution in [3.05, 3.63) is 23.8 Å². The van der Waals surface area contributed by atoms with Gasteiger partial charge in [0.25, 0.3) is 0 Å². The molecule has 3 heteroatoms. The van der Waals surface area contributed by atoms with E-state index in [9.17, 15) is 0 Å². The molecule has 0 saturated carbocycles. The maximum Gasteiger partial charge on any atom is 0.142 e. The molecule has 1 aromatic rings. The lowest BCUT2D eigenvalue weighted by atomic mass is 9.90. The van der Waals surface area contributed by atoms with Gasteiger partial charge in [-0.15, -0.1) is 0 Å². The fourth-order valence-electron chi connectivity index (χ4n) is 3.17. The average Bonchev–Trinajstić information content (AvgIpc) is 2.64. The molecule has 1 aromatic carbocycles. The van der Waals surface area contributed by atoms with Crippen LogP contribution in [0.1, 0.15) is 17.9 Å². The van der Waals surface area contributed by atoms with Gasteiger partial charge in [0.15, 0.2) is 0 Å². The number of para-hydroxylation sites is 1. The van der Waals surface area contributed by atoms with Gasteiger partial charge in [0.1, 0.15) is 5.75 Å². The van der Waals surface area contributed by atoms with Crippen molar-refractivity contribution in [3.63, 3.8) is 0 Å². The highest BCUT2D eigenvalue weighted by atomic mass is 16.5. The molecule has 1 saturated heterocycles. The third-order valence-corrected chi connectivity index (χ3v) is 3.95. The van der Waals surface area contributed by atoms with Crippen molar-refractivity contribution in [2.24, 2.45) is 0 Å². The molecule has 0 spiro atoms. The number of ether oxygens (including phenoxy) is 1. The first-order chi connectivity index (χ1) is 7.83. The van der Waals surface area contributed by atoms with Crippen molar-refractivity contribution in [2.75, 3.05) is 32.1 Å². The van der Waals surface area contributed by atoms with E-state index in [1.807, 2.05) is 0 Å². The fourth-order valence-corrected chi connectivity index (χ4v) is 3.17. The first-order valence-corrected chi connectivity index (χ1v) is 5.93. The van der Waals surface area contributed by atoms with E-state index in [0.717, 1.165) is 18.8 Å². The van der Waals surface area contributed by atoms with Gasteiger partial charge in [-0.05, 0) is 24.6 Å². The molecule has 3 rings (SSSR count). The molecular formula is C13H18N2O. The van der Waals surface area contributed by atoms with Crippen LogP contribution in [0.3, 0.4) is 0 Å². The minimum atomic E-state index is 0.629. The Morgan fingerprint density at radius 3 is 3.12 bits per heavy atom. The van der Waals surface area contributed by atoms with Crippen molar-refractivity contribution in [1.82, 2.24) is 5.32 Å². The summed E-state index contributed by atoms with van der Waals surface area (Å²) in [4.78, 5) is 2.40. The number of hydrogen-bond donors (Lipinski definition) is 1. The second-order valence-corrected chi connectivity index (χ2v) is 4.68. The van der Waals surface area contributed by atoms with Crippen LogP contribution in [0.15, 0.2) is 18.2 Å². The number of hydrogen-bond acceptors (Lipinski definition) is 3. The van der Waals surface area contributed by atoms with Crippen LogP contribution in [0.4, 0.5) is 5.69 Å². The quantitative estimate of drug-likeness (QED) is 0.774. The Kier molecular flexibility index (Phi) is 2.28. The summed E-state index contributed by atoms with van der Waals surface area (Å²) in [7, 11) is 3.95. The summed E-state index contributed by atoms with van der Waals surface area (Å²) >= 11 is 0. The van der Waals surface area contributed by atoms with Gasteiger partial charge in [0.05, 0.1) is 12.8 Å². The maximum absolute atomic E-state index is 5.47. The summed E-state index contributed by atoms with van der Waals surface area (Å²) in [5.41, 5.74) is 2.74. The van der Waals surface area contributed by atoms with Crippen molar-refractivity contribution >= 4 is 5.69 Å². The van der Waals surface area contributed by atoms with E-state index < -0.39 is 0 Å². The number of piperidine rings is 1. The van der Waals surface area contributed by atoms with E-state index >= 15 is 0 Å². The molecule has 2 aliphatic rings. The average molecular weight is 218 g/mol. The van der Waals surface area contributed by atoms with E-state index in [1.54, 1.807) is 7.11 Å². The van der Waals surface area contributed by atoms with Crippen molar-refractivity contribution in [2.45, 2.75) is 18.4 Å². The van der Waals surface area contributed by atoms with Gasteiger partial charge in [0.2, 0.25) is 0 Å². The first kappa shape index (κ1) is 9.97. The van der Waals surface area contributed by atoms with Crippen LogP contribution in [0.5, 0.6) is 5.75 Å². The predicted molar refractivity (Wildman–Crippen MR) is 65.4 cm³/mol. The SMILES string of the molecule is COc1cccc2c1N(C)C1CCNCC21. The molecule has 0 amide bonds. The number of nitrogens with one attached hydrogen (secondary N) is 1. The molecule has 2 unspecified atom stereocenters. The van der Waals surface area contributed by atoms with Gasteiger partial charge in [-0.3, -0.25) is 0 Å². The Balaban J connectivity index is 2.09. The smallest absolute Gasteiger partial charge is 0.142 e. The second-order valence-electron chi connectivity index (χ2n) is 4.68. The Hall–Kier alpha value is -1.22. The Morgan fingerprint density at radius 2 is 2.31 bits per heavy atom. The number of anilines is 1. The van der Waals surface area contributed by atoms with Crippen LogP contribution in [-0.2, 0) is 0 Å². The van der Waals surface area contributed by atoms with Crippen LogP contribution in [-0.4, -0.2) is 33.3 Å². The molecule has 0 radical (unpaired) electrons. The summed E-state index contributed by atoms with van der Waals surface area (Å²) in [6.45, 7) is 2.22. The highest BCUT2D eigenvalue weighted by molar-refractivity contribution is 5.69. The first-order valence-electron chi connectivity index (χ1n) is 5.93. The lowest BCUT2D eigenvalue weighted by Gasteiger charge is -2.31. The monoisotopic (exact) mass is 218 g/mol. The normalized spacial score (nSPS) is 27.5. The topological polar surface area (TPSA) is 24.5 Å². The van der Waals surface area contributed by atoms with Crippen molar-refractivity contribution in [3.8, 4) is 5.75 Å². The number of benzene rings is 1. The minimum Gasteiger partial charge on any atom is -0.495 e. The van der Waals surface area contributed by atoms with E-state index in [-0.39, 0.29) is 0 Å². The van der Waals surface area contributed by atoms with Crippen molar-refractivity contribution < 1.29 is 4.74 Å². The van der Waals surface area contributed by atoms with Gasteiger partial charge < -0.3 is 15.0 Å². The Labute approximate surface area is 96.4 Å². The van der Waals surface area contributed by atoms with E-state index in [1.165, 1.54) is 17.7 Å². The molecule has 2 heterocycles. The predicted octanol–water partition coefficient (Wildman–Crippen LogP) is 1.59. The maximum atomic E-state index is 5.47. The van der Waals surface area contributed by atoms with Crippen LogP contribution < -0.4 is 15.0 Å². The van der Waals surface area contributed by atoms with Gasteiger partial charge in [-0.1, -0.05) is 12.1 Å². The number of nitrogens with zero attached hydrogens (tertiary/aromatic N) is 1. The van der Waals surface area contributed by atoms with Crippen LogP contribution in [0.25, 0.3) is 0 Å². The van der Waals surface area contributed by atoms with E-state index in [2.05, 4.69) is 35.5 Å². The molecule has 0 aromatic heterocycles. The summed E-state index contributed by atoms with van der Waals surface area (Å²) < 4.78 is 5.47. The summed E-state index contributed by atoms with van der Waals surface area (Å²) in [5, 5.41) is 3.49. The van der Waals surface area contributed by atoms with Crippen LogP contribution in [0, 0.1) is 0 Å². The second kappa shape index (κ2) is 3.67. The zero-order valence-corrected chi connectivity index (χ0v) is 9.86. The largest absolute Gasteiger partial charge is 0.495 e. The van der Waals surface area contributed by atoms with E-state index in [4.69, 9.17) is 4.74 Å². The Bertz CT molecular complexity index is 405. The molecule has 16 heavy (non-hydrogen) atoms. The molecule has 0 bridgehead atoms. The molecule has 2 aliphatic heterocycles.